The molecule has 0 aliphatic carbocycles. The molecule has 3 aromatic rings. The van der Waals surface area contributed by atoms with E-state index in [0.29, 0.717) is 16.5 Å². The summed E-state index contributed by atoms with van der Waals surface area (Å²) in [5.74, 6) is 0.137. The number of sulfone groups is 1. The van der Waals surface area contributed by atoms with E-state index in [1.165, 1.54) is 18.5 Å². The van der Waals surface area contributed by atoms with Crippen LogP contribution in [-0.2, 0) is 9.84 Å². The molecule has 0 saturated heterocycles. The first kappa shape index (κ1) is 17.6. The number of benzene rings is 1. The lowest BCUT2D eigenvalue weighted by Gasteiger charge is -2.19. The Balaban J connectivity index is 2.04. The Morgan fingerprint density at radius 2 is 1.84 bits per heavy atom. The minimum absolute atomic E-state index is 0.0610. The second-order valence-corrected chi connectivity index (χ2v) is 8.86. The summed E-state index contributed by atoms with van der Waals surface area (Å²) in [6, 6.07) is 10.4. The lowest BCUT2D eigenvalue weighted by Crippen LogP contribution is -2.06. The zero-order valence-corrected chi connectivity index (χ0v) is 15.3. The van der Waals surface area contributed by atoms with Crippen molar-refractivity contribution in [3.05, 3.63) is 59.7 Å². The molecule has 2 heterocycles. The molecule has 0 radical (unpaired) electrons. The molecule has 4 nitrogen and oxygen atoms in total. The zero-order valence-electron chi connectivity index (χ0n) is 14.5. The van der Waals surface area contributed by atoms with Crippen LogP contribution in [0.2, 0.25) is 0 Å². The molecule has 1 atom stereocenters. The number of aromatic amines is 1. The highest BCUT2D eigenvalue weighted by molar-refractivity contribution is 7.90. The number of fused-ring (bicyclic) bond motifs is 1. The molecular formula is C19H21FN2O2S. The fourth-order valence-corrected chi connectivity index (χ4v) is 3.69. The third-order valence-electron chi connectivity index (χ3n) is 4.25. The topological polar surface area (TPSA) is 62.8 Å². The molecule has 1 N–H and O–H groups in total. The summed E-state index contributed by atoms with van der Waals surface area (Å²) in [5.41, 5.74) is 2.62. The largest absolute Gasteiger partial charge is 0.343 e. The number of nitrogens with one attached hydrogen (secondary N) is 1. The molecule has 25 heavy (non-hydrogen) atoms. The van der Waals surface area contributed by atoms with Crippen molar-refractivity contribution in [1.82, 2.24) is 9.97 Å². The van der Waals surface area contributed by atoms with Crippen molar-refractivity contribution < 1.29 is 12.8 Å². The van der Waals surface area contributed by atoms with Crippen LogP contribution in [0.25, 0.3) is 11.0 Å². The van der Waals surface area contributed by atoms with Crippen molar-refractivity contribution in [2.45, 2.75) is 31.1 Å². The van der Waals surface area contributed by atoms with Crippen LogP contribution < -0.4 is 0 Å². The predicted molar refractivity (Wildman–Crippen MR) is 96.9 cm³/mol. The van der Waals surface area contributed by atoms with Gasteiger partial charge in [0.05, 0.1) is 11.1 Å². The summed E-state index contributed by atoms with van der Waals surface area (Å²) in [5, 5.41) is 0.733. The number of hydrogen-bond donors (Lipinski definition) is 1. The summed E-state index contributed by atoms with van der Waals surface area (Å²) in [6.07, 6.45) is 3.28. The van der Waals surface area contributed by atoms with Gasteiger partial charge in [-0.1, -0.05) is 26.0 Å². The Labute approximate surface area is 147 Å². The molecule has 1 aromatic carbocycles. The average molecular weight is 360 g/mol. The van der Waals surface area contributed by atoms with E-state index in [2.05, 4.69) is 23.8 Å². The van der Waals surface area contributed by atoms with Crippen LogP contribution in [0.5, 0.6) is 0 Å². The molecule has 0 bridgehead atoms. The summed E-state index contributed by atoms with van der Waals surface area (Å²) in [4.78, 5) is 7.67. The number of pyridine rings is 1. The second-order valence-electron chi connectivity index (χ2n) is 6.84. The van der Waals surface area contributed by atoms with Gasteiger partial charge in [-0.05, 0) is 42.2 Å². The quantitative estimate of drug-likeness (QED) is 0.738. The van der Waals surface area contributed by atoms with Gasteiger partial charge < -0.3 is 4.98 Å². The van der Waals surface area contributed by atoms with E-state index < -0.39 is 9.84 Å². The molecular weight excluding hydrogens is 339 g/mol. The van der Waals surface area contributed by atoms with Gasteiger partial charge in [-0.2, -0.15) is 0 Å². The van der Waals surface area contributed by atoms with Gasteiger partial charge in [-0.15, -0.1) is 0 Å². The van der Waals surface area contributed by atoms with Crippen LogP contribution >= 0.6 is 0 Å². The second kappa shape index (κ2) is 6.59. The van der Waals surface area contributed by atoms with Crippen LogP contribution in [0.3, 0.4) is 0 Å². The van der Waals surface area contributed by atoms with E-state index in [9.17, 15) is 12.8 Å². The number of H-pyrrole nitrogens is 1. The van der Waals surface area contributed by atoms with Crippen molar-refractivity contribution >= 4 is 20.9 Å². The number of rotatable bonds is 5. The first-order chi connectivity index (χ1) is 11.7. The van der Waals surface area contributed by atoms with E-state index >= 15 is 0 Å². The molecule has 3 rings (SSSR count). The normalized spacial score (nSPS) is 13.5. The SMILES string of the molecule is CC(C)C[C@H](c1ccc(S(C)(=O)=O)cc1)c1cc2cc(F)cnc2[nH]1. The van der Waals surface area contributed by atoms with Gasteiger partial charge in [0, 0.05) is 23.3 Å². The Kier molecular flexibility index (Phi) is 4.64. The number of halogens is 1. The fraction of sp³-hybridized carbons (Fsp3) is 0.316. The van der Waals surface area contributed by atoms with Crippen molar-refractivity contribution in [3.63, 3.8) is 0 Å². The summed E-state index contributed by atoms with van der Waals surface area (Å²) in [6.45, 7) is 4.27. The fourth-order valence-electron chi connectivity index (χ4n) is 3.06. The van der Waals surface area contributed by atoms with Crippen molar-refractivity contribution in [1.29, 1.82) is 0 Å². The zero-order chi connectivity index (χ0) is 18.2. The maximum atomic E-state index is 13.4. The smallest absolute Gasteiger partial charge is 0.175 e. The van der Waals surface area contributed by atoms with Crippen LogP contribution in [-0.4, -0.2) is 24.6 Å². The van der Waals surface area contributed by atoms with E-state index in [0.717, 1.165) is 23.1 Å². The van der Waals surface area contributed by atoms with Gasteiger partial charge in [-0.25, -0.2) is 17.8 Å². The third-order valence-corrected chi connectivity index (χ3v) is 5.38. The van der Waals surface area contributed by atoms with Crippen LogP contribution in [0.4, 0.5) is 4.39 Å². The van der Waals surface area contributed by atoms with Crippen LogP contribution in [0, 0.1) is 11.7 Å². The molecule has 0 aliphatic rings. The minimum atomic E-state index is -3.22. The molecule has 0 amide bonds. The van der Waals surface area contributed by atoms with Gasteiger partial charge in [0.2, 0.25) is 0 Å². The van der Waals surface area contributed by atoms with Crippen molar-refractivity contribution in [2.75, 3.05) is 6.26 Å². The molecule has 2 aromatic heterocycles. The number of aromatic nitrogens is 2. The molecule has 6 heteroatoms. The van der Waals surface area contributed by atoms with Gasteiger partial charge in [0.25, 0.3) is 0 Å². The predicted octanol–water partition coefficient (Wildman–Crippen LogP) is 4.28. The number of hydrogen-bond acceptors (Lipinski definition) is 3. The standard InChI is InChI=1S/C19H21FN2O2S/c1-12(2)8-17(13-4-6-16(7-5-13)25(3,23)24)18-10-14-9-15(20)11-21-19(14)22-18/h4-7,9-12,17H,8H2,1-3H3,(H,21,22)/t17-/m1/s1. The van der Waals surface area contributed by atoms with Crippen LogP contribution in [0.15, 0.2) is 47.5 Å². The minimum Gasteiger partial charge on any atom is -0.343 e. The van der Waals surface area contributed by atoms with Crippen molar-refractivity contribution in [2.24, 2.45) is 5.92 Å². The first-order valence-electron chi connectivity index (χ1n) is 8.18. The van der Waals surface area contributed by atoms with E-state index in [1.54, 1.807) is 12.1 Å². The van der Waals surface area contributed by atoms with Crippen molar-refractivity contribution in [3.8, 4) is 0 Å². The van der Waals surface area contributed by atoms with Gasteiger partial charge in [0.1, 0.15) is 11.5 Å². The van der Waals surface area contributed by atoms with E-state index in [-0.39, 0.29) is 11.7 Å². The van der Waals surface area contributed by atoms with E-state index in [4.69, 9.17) is 0 Å². The lowest BCUT2D eigenvalue weighted by atomic mass is 9.88. The molecule has 0 fully saturated rings. The first-order valence-corrected chi connectivity index (χ1v) is 10.1. The maximum Gasteiger partial charge on any atom is 0.175 e. The highest BCUT2D eigenvalue weighted by Gasteiger charge is 2.19. The molecule has 0 spiro atoms. The summed E-state index contributed by atoms with van der Waals surface area (Å²) in [7, 11) is -3.22. The summed E-state index contributed by atoms with van der Waals surface area (Å²) < 4.78 is 36.7. The monoisotopic (exact) mass is 360 g/mol. The van der Waals surface area contributed by atoms with Crippen LogP contribution in [0.1, 0.15) is 37.4 Å². The average Bonchev–Trinajstić information content (AvgIpc) is 2.94. The van der Waals surface area contributed by atoms with Gasteiger partial charge in [0.15, 0.2) is 9.84 Å². The molecule has 0 saturated carbocycles. The Morgan fingerprint density at radius 3 is 2.44 bits per heavy atom. The molecule has 0 aliphatic heterocycles. The Hall–Kier alpha value is -2.21. The Bertz CT molecular complexity index is 992. The molecule has 0 unspecified atom stereocenters. The third kappa shape index (κ3) is 3.90. The Morgan fingerprint density at radius 1 is 1.16 bits per heavy atom. The highest BCUT2D eigenvalue weighted by Crippen LogP contribution is 2.32. The van der Waals surface area contributed by atoms with E-state index in [1.807, 2.05) is 18.2 Å². The lowest BCUT2D eigenvalue weighted by molar-refractivity contribution is 0.536. The highest BCUT2D eigenvalue weighted by atomic mass is 32.2. The molecule has 132 valence electrons. The summed E-state index contributed by atoms with van der Waals surface area (Å²) >= 11 is 0. The van der Waals surface area contributed by atoms with Gasteiger partial charge in [-0.3, -0.25) is 0 Å². The number of nitrogens with zero attached hydrogens (tertiary/aromatic N) is 1. The maximum absolute atomic E-state index is 13.4. The van der Waals surface area contributed by atoms with Gasteiger partial charge >= 0.3 is 0 Å².